The van der Waals surface area contributed by atoms with Crippen LogP contribution in [0.4, 0.5) is 0 Å². The van der Waals surface area contributed by atoms with Crippen molar-refractivity contribution < 1.29 is 13.2 Å². The highest BCUT2D eigenvalue weighted by atomic mass is 32.2. The molecule has 0 unspecified atom stereocenters. The molecule has 5 rings (SSSR count). The van der Waals surface area contributed by atoms with Crippen molar-refractivity contribution in [2.24, 2.45) is 0 Å². The Morgan fingerprint density at radius 1 is 1.00 bits per heavy atom. The van der Waals surface area contributed by atoms with E-state index in [9.17, 15) is 13.2 Å². The van der Waals surface area contributed by atoms with E-state index >= 15 is 0 Å². The summed E-state index contributed by atoms with van der Waals surface area (Å²) >= 11 is 0. The molecule has 3 N–H and O–H groups in total. The molecule has 0 bridgehead atoms. The van der Waals surface area contributed by atoms with Crippen LogP contribution in [0.3, 0.4) is 0 Å². The van der Waals surface area contributed by atoms with Crippen molar-refractivity contribution in [3.63, 3.8) is 0 Å². The minimum absolute atomic E-state index is 0.199. The summed E-state index contributed by atoms with van der Waals surface area (Å²) in [5.74, 6) is -0.199. The van der Waals surface area contributed by atoms with Crippen molar-refractivity contribution in [3.05, 3.63) is 65.4 Å². The molecule has 0 spiro atoms. The Labute approximate surface area is 188 Å². The van der Waals surface area contributed by atoms with Crippen LogP contribution >= 0.6 is 0 Å². The number of nitrogens with one attached hydrogen (secondary N) is 3. The van der Waals surface area contributed by atoms with E-state index in [1.165, 1.54) is 6.42 Å². The number of benzene rings is 2. The number of rotatable bonds is 4. The molecule has 1 aromatic heterocycles. The van der Waals surface area contributed by atoms with Crippen LogP contribution in [-0.2, 0) is 10.0 Å². The van der Waals surface area contributed by atoms with Gasteiger partial charge >= 0.3 is 0 Å². The quantitative estimate of drug-likeness (QED) is 0.567. The van der Waals surface area contributed by atoms with Crippen LogP contribution in [0.25, 0.3) is 10.9 Å². The summed E-state index contributed by atoms with van der Waals surface area (Å²) in [6.45, 7) is 3.90. The number of aromatic nitrogens is 1. The molecular formula is C24H28N4O3S. The number of piperidine rings is 1. The van der Waals surface area contributed by atoms with Gasteiger partial charge in [-0.1, -0.05) is 42.3 Å². The van der Waals surface area contributed by atoms with E-state index in [-0.39, 0.29) is 23.4 Å². The van der Waals surface area contributed by atoms with Crippen molar-refractivity contribution in [2.45, 2.75) is 43.2 Å². The Morgan fingerprint density at radius 3 is 2.47 bits per heavy atom. The number of aryl methyl sites for hydroxylation is 1. The predicted octanol–water partition coefficient (Wildman–Crippen LogP) is 3.09. The van der Waals surface area contributed by atoms with Crippen molar-refractivity contribution in [1.29, 1.82) is 0 Å². The fraction of sp³-hybridized carbons (Fsp3) is 0.375. The first-order valence-electron chi connectivity index (χ1n) is 11.2. The van der Waals surface area contributed by atoms with Crippen molar-refractivity contribution in [1.82, 2.24) is 19.9 Å². The van der Waals surface area contributed by atoms with Gasteiger partial charge in [0.05, 0.1) is 17.0 Å². The average molecular weight is 453 g/mol. The van der Waals surface area contributed by atoms with Crippen LogP contribution in [0, 0.1) is 6.92 Å². The summed E-state index contributed by atoms with van der Waals surface area (Å²) in [5.41, 5.74) is 3.30. The second kappa shape index (κ2) is 8.35. The Kier molecular flexibility index (Phi) is 5.53. The van der Waals surface area contributed by atoms with Gasteiger partial charge in [0.2, 0.25) is 10.0 Å². The number of aromatic amines is 1. The molecule has 2 aliphatic heterocycles. The molecule has 3 heterocycles. The van der Waals surface area contributed by atoms with Crippen molar-refractivity contribution in [2.75, 3.05) is 19.6 Å². The van der Waals surface area contributed by atoms with Gasteiger partial charge in [0.25, 0.3) is 5.91 Å². The lowest BCUT2D eigenvalue weighted by atomic mass is 9.94. The minimum atomic E-state index is -3.76. The molecule has 2 atom stereocenters. The molecule has 2 aromatic carbocycles. The SMILES string of the molecule is Cc1ccc(S(=O)(=O)N[C@@H]2CNC(=O)c3[nH]c4ccccc4c3[C@H]2N2CCCCC2)cc1. The second-order valence-electron chi connectivity index (χ2n) is 8.75. The minimum Gasteiger partial charge on any atom is -0.350 e. The van der Waals surface area contributed by atoms with E-state index in [0.717, 1.165) is 48.0 Å². The molecule has 1 saturated heterocycles. The first-order chi connectivity index (χ1) is 15.4. The maximum Gasteiger partial charge on any atom is 0.268 e. The van der Waals surface area contributed by atoms with Gasteiger partial charge in [0, 0.05) is 23.0 Å². The van der Waals surface area contributed by atoms with Gasteiger partial charge in [-0.2, -0.15) is 0 Å². The highest BCUT2D eigenvalue weighted by molar-refractivity contribution is 7.89. The topological polar surface area (TPSA) is 94.3 Å². The van der Waals surface area contributed by atoms with Crippen LogP contribution in [0.5, 0.6) is 0 Å². The highest BCUT2D eigenvalue weighted by Crippen LogP contribution is 2.37. The van der Waals surface area contributed by atoms with Crippen LogP contribution < -0.4 is 10.0 Å². The fourth-order valence-electron chi connectivity index (χ4n) is 4.98. The lowest BCUT2D eigenvalue weighted by molar-refractivity contribution is 0.0947. The van der Waals surface area contributed by atoms with Gasteiger partial charge in [-0.15, -0.1) is 0 Å². The summed E-state index contributed by atoms with van der Waals surface area (Å²) < 4.78 is 29.5. The highest BCUT2D eigenvalue weighted by Gasteiger charge is 2.39. The molecule has 7 nitrogen and oxygen atoms in total. The molecule has 0 saturated carbocycles. The maximum absolute atomic E-state index is 13.3. The molecule has 168 valence electrons. The van der Waals surface area contributed by atoms with E-state index in [0.29, 0.717) is 5.69 Å². The van der Waals surface area contributed by atoms with E-state index in [4.69, 9.17) is 0 Å². The number of hydrogen-bond donors (Lipinski definition) is 3. The summed E-state index contributed by atoms with van der Waals surface area (Å²) in [4.78, 5) is 18.8. The largest absolute Gasteiger partial charge is 0.350 e. The van der Waals surface area contributed by atoms with E-state index in [1.807, 2.05) is 31.2 Å². The number of fused-ring (bicyclic) bond motifs is 3. The number of nitrogens with zero attached hydrogens (tertiary/aromatic N) is 1. The second-order valence-corrected chi connectivity index (χ2v) is 10.5. The Morgan fingerprint density at radius 2 is 1.72 bits per heavy atom. The Bertz CT molecular complexity index is 1240. The molecule has 2 aliphatic rings. The zero-order valence-corrected chi connectivity index (χ0v) is 18.9. The fourth-order valence-corrected chi connectivity index (χ4v) is 6.22. The summed E-state index contributed by atoms with van der Waals surface area (Å²) in [6, 6.07) is 13.9. The predicted molar refractivity (Wildman–Crippen MR) is 124 cm³/mol. The molecule has 3 aromatic rings. The number of carbonyl (C=O) groups excluding carboxylic acids is 1. The normalized spacial score (nSPS) is 22.3. The van der Waals surface area contributed by atoms with Gasteiger partial charge in [-0.05, 0) is 51.1 Å². The number of H-pyrrole nitrogens is 1. The van der Waals surface area contributed by atoms with Crippen molar-refractivity contribution >= 4 is 26.8 Å². The zero-order valence-electron chi connectivity index (χ0n) is 18.1. The number of carbonyl (C=O) groups is 1. The summed E-state index contributed by atoms with van der Waals surface area (Å²) in [5, 5.41) is 3.91. The van der Waals surface area contributed by atoms with Crippen LogP contribution in [0.2, 0.25) is 0 Å². The first-order valence-corrected chi connectivity index (χ1v) is 12.6. The number of sulfonamides is 1. The number of hydrogen-bond acceptors (Lipinski definition) is 4. The number of para-hydroxylation sites is 1. The maximum atomic E-state index is 13.3. The third kappa shape index (κ3) is 3.83. The third-order valence-corrected chi connectivity index (χ3v) is 8.06. The standard InChI is InChI=1S/C24H28N4O3S/c1-16-9-11-17(12-10-16)32(30,31)27-20-15-25-24(29)22-21(18-7-3-4-8-19(18)26-22)23(20)28-13-5-2-6-14-28/h3-4,7-12,20,23,26-27H,2,5-6,13-15H2,1H3,(H,25,29)/t20-,23+/m1/s1. The van der Waals surface area contributed by atoms with Gasteiger partial charge in [-0.25, -0.2) is 13.1 Å². The summed E-state index contributed by atoms with van der Waals surface area (Å²) in [6.07, 6.45) is 3.29. The van der Waals surface area contributed by atoms with E-state index in [2.05, 4.69) is 19.9 Å². The average Bonchev–Trinajstić information content (AvgIpc) is 3.12. The number of amides is 1. The molecule has 0 radical (unpaired) electrons. The lowest BCUT2D eigenvalue weighted by Crippen LogP contribution is -2.51. The van der Waals surface area contributed by atoms with Gasteiger partial charge < -0.3 is 10.3 Å². The lowest BCUT2D eigenvalue weighted by Gasteiger charge is -2.38. The number of likely N-dealkylation sites (tertiary alicyclic amines) is 1. The molecule has 0 aliphatic carbocycles. The van der Waals surface area contributed by atoms with Crippen molar-refractivity contribution in [3.8, 4) is 0 Å². The van der Waals surface area contributed by atoms with Gasteiger partial charge in [-0.3, -0.25) is 9.69 Å². The molecule has 1 amide bonds. The van der Waals surface area contributed by atoms with E-state index < -0.39 is 16.1 Å². The van der Waals surface area contributed by atoms with Gasteiger partial charge in [0.15, 0.2) is 0 Å². The zero-order chi connectivity index (χ0) is 22.3. The summed E-state index contributed by atoms with van der Waals surface area (Å²) in [7, 11) is -3.76. The molecule has 32 heavy (non-hydrogen) atoms. The first kappa shape index (κ1) is 21.2. The van der Waals surface area contributed by atoms with Gasteiger partial charge in [0.1, 0.15) is 5.69 Å². The monoisotopic (exact) mass is 452 g/mol. The molecular weight excluding hydrogens is 424 g/mol. The van der Waals surface area contributed by atoms with E-state index in [1.54, 1.807) is 24.3 Å². The Hall–Kier alpha value is -2.68. The third-order valence-electron chi connectivity index (χ3n) is 6.55. The Balaban J connectivity index is 1.61. The molecule has 8 heteroatoms. The van der Waals surface area contributed by atoms with Crippen LogP contribution in [-0.4, -0.2) is 49.9 Å². The van der Waals surface area contributed by atoms with Crippen LogP contribution in [0.15, 0.2) is 53.4 Å². The smallest absolute Gasteiger partial charge is 0.268 e. The molecule has 1 fully saturated rings. The van der Waals surface area contributed by atoms with Crippen LogP contribution in [0.1, 0.15) is 46.9 Å².